The van der Waals surface area contributed by atoms with Crippen LogP contribution in [0.5, 0.6) is 0 Å². The summed E-state index contributed by atoms with van der Waals surface area (Å²) in [7, 11) is 0. The molecule has 2 aliphatic rings. The second-order valence-corrected chi connectivity index (χ2v) is 4.40. The lowest BCUT2D eigenvalue weighted by molar-refractivity contribution is -0.0117. The fraction of sp³-hybridized carbons (Fsp3) is 1.00. The van der Waals surface area contributed by atoms with E-state index in [0.717, 1.165) is 13.2 Å². The molecule has 2 aliphatic heterocycles. The van der Waals surface area contributed by atoms with Crippen molar-refractivity contribution in [3.63, 3.8) is 0 Å². The first-order valence-electron chi connectivity index (χ1n) is 4.55. The molecule has 11 heavy (non-hydrogen) atoms. The Morgan fingerprint density at radius 3 is 2.64 bits per heavy atom. The number of nitrogens with one attached hydrogen (secondary N) is 1. The van der Waals surface area contributed by atoms with Gasteiger partial charge in [0.1, 0.15) is 0 Å². The largest absolute Gasteiger partial charge is 0.377 e. The summed E-state index contributed by atoms with van der Waals surface area (Å²) >= 11 is 0. The van der Waals surface area contributed by atoms with Crippen LogP contribution in [0.25, 0.3) is 0 Å². The maximum atomic E-state index is 5.63. The molecule has 0 aliphatic carbocycles. The number of rotatable bonds is 1. The predicted molar refractivity (Wildman–Crippen MR) is 44.5 cm³/mol. The third-order valence-corrected chi connectivity index (χ3v) is 2.96. The number of hydrogen-bond acceptors (Lipinski definition) is 2. The van der Waals surface area contributed by atoms with Crippen LogP contribution in [0.3, 0.4) is 0 Å². The smallest absolute Gasteiger partial charge is 0.0734 e. The first kappa shape index (κ1) is 7.56. The Labute approximate surface area is 68.3 Å². The van der Waals surface area contributed by atoms with Crippen molar-refractivity contribution in [2.75, 3.05) is 13.2 Å². The molecule has 0 aromatic carbocycles. The first-order chi connectivity index (χ1) is 5.20. The maximum absolute atomic E-state index is 5.63. The van der Waals surface area contributed by atoms with Crippen molar-refractivity contribution in [3.05, 3.63) is 0 Å². The molecule has 2 heteroatoms. The van der Waals surface area contributed by atoms with Crippen molar-refractivity contribution in [1.29, 1.82) is 0 Å². The van der Waals surface area contributed by atoms with Crippen molar-refractivity contribution in [1.82, 2.24) is 5.32 Å². The van der Waals surface area contributed by atoms with E-state index >= 15 is 0 Å². The molecule has 0 saturated carbocycles. The van der Waals surface area contributed by atoms with Gasteiger partial charge in [0.2, 0.25) is 0 Å². The lowest BCUT2D eigenvalue weighted by atomic mass is 9.74. The minimum atomic E-state index is 0.467. The van der Waals surface area contributed by atoms with E-state index in [-0.39, 0.29) is 0 Å². The normalized spacial score (nSPS) is 42.0. The van der Waals surface area contributed by atoms with Gasteiger partial charge in [-0.15, -0.1) is 0 Å². The van der Waals surface area contributed by atoms with Crippen LogP contribution < -0.4 is 5.32 Å². The Morgan fingerprint density at radius 1 is 1.45 bits per heavy atom. The van der Waals surface area contributed by atoms with E-state index in [1.54, 1.807) is 0 Å². The molecule has 0 bridgehead atoms. The van der Waals surface area contributed by atoms with E-state index in [0.29, 0.717) is 17.6 Å². The lowest BCUT2D eigenvalue weighted by Gasteiger charge is -2.48. The molecule has 0 spiro atoms. The Morgan fingerprint density at radius 2 is 2.27 bits per heavy atom. The van der Waals surface area contributed by atoms with Gasteiger partial charge in [-0.25, -0.2) is 0 Å². The molecule has 0 aromatic heterocycles. The lowest BCUT2D eigenvalue weighted by Crippen LogP contribution is -2.64. The molecule has 64 valence electrons. The summed E-state index contributed by atoms with van der Waals surface area (Å²) in [5.41, 5.74) is 0.467. The average Bonchev–Trinajstić information content (AvgIpc) is 2.38. The van der Waals surface area contributed by atoms with E-state index < -0.39 is 0 Å². The Kier molecular flexibility index (Phi) is 1.69. The number of hydrogen-bond donors (Lipinski definition) is 1. The molecule has 2 atom stereocenters. The average molecular weight is 155 g/mol. The van der Waals surface area contributed by atoms with Gasteiger partial charge in [0.15, 0.2) is 0 Å². The summed E-state index contributed by atoms with van der Waals surface area (Å²) in [5, 5.41) is 3.45. The molecule has 2 heterocycles. The van der Waals surface area contributed by atoms with Crippen molar-refractivity contribution >= 4 is 0 Å². The van der Waals surface area contributed by atoms with E-state index in [1.807, 2.05) is 0 Å². The molecular weight excluding hydrogens is 138 g/mol. The fourth-order valence-electron chi connectivity index (χ4n) is 2.13. The quantitative estimate of drug-likeness (QED) is 0.613. The monoisotopic (exact) mass is 155 g/mol. The van der Waals surface area contributed by atoms with Crippen LogP contribution in [0.15, 0.2) is 0 Å². The van der Waals surface area contributed by atoms with Crippen molar-refractivity contribution in [2.24, 2.45) is 5.41 Å². The van der Waals surface area contributed by atoms with E-state index in [1.165, 1.54) is 12.8 Å². The number of ether oxygens (including phenoxy) is 1. The molecular formula is C9H17NO. The SMILES string of the molecule is CC1(C)CN[C@@H]1[C@@H]1CCCO1. The zero-order valence-corrected chi connectivity index (χ0v) is 7.39. The van der Waals surface area contributed by atoms with E-state index in [4.69, 9.17) is 4.74 Å². The highest BCUT2D eigenvalue weighted by molar-refractivity contribution is 5.01. The van der Waals surface area contributed by atoms with Gasteiger partial charge in [-0.2, -0.15) is 0 Å². The topological polar surface area (TPSA) is 21.3 Å². The van der Waals surface area contributed by atoms with Crippen LogP contribution in [0, 0.1) is 5.41 Å². The Bertz CT molecular complexity index is 150. The van der Waals surface area contributed by atoms with Gasteiger partial charge in [-0.3, -0.25) is 0 Å². The van der Waals surface area contributed by atoms with E-state index in [9.17, 15) is 0 Å². The summed E-state index contributed by atoms with van der Waals surface area (Å²) < 4.78 is 5.63. The van der Waals surface area contributed by atoms with Gasteiger partial charge in [-0.05, 0) is 18.3 Å². The summed E-state index contributed by atoms with van der Waals surface area (Å²) in [6, 6.07) is 0.616. The summed E-state index contributed by atoms with van der Waals surface area (Å²) in [5.74, 6) is 0. The highest BCUT2D eigenvalue weighted by Crippen LogP contribution is 2.34. The minimum absolute atomic E-state index is 0.467. The Balaban J connectivity index is 1.94. The zero-order chi connectivity index (χ0) is 7.90. The highest BCUT2D eigenvalue weighted by Gasteiger charge is 2.44. The van der Waals surface area contributed by atoms with Gasteiger partial charge < -0.3 is 10.1 Å². The van der Waals surface area contributed by atoms with Crippen LogP contribution >= 0.6 is 0 Å². The zero-order valence-electron chi connectivity index (χ0n) is 7.39. The highest BCUT2D eigenvalue weighted by atomic mass is 16.5. The predicted octanol–water partition coefficient (Wildman–Crippen LogP) is 1.16. The molecule has 2 nitrogen and oxygen atoms in total. The van der Waals surface area contributed by atoms with Crippen LogP contribution in [0.4, 0.5) is 0 Å². The third kappa shape index (κ3) is 1.18. The molecule has 1 N–H and O–H groups in total. The van der Waals surface area contributed by atoms with Gasteiger partial charge in [-0.1, -0.05) is 13.8 Å². The summed E-state index contributed by atoms with van der Waals surface area (Å²) in [6.07, 6.45) is 3.00. The standard InChI is InChI=1S/C9H17NO/c1-9(2)6-10-8(9)7-4-3-5-11-7/h7-8,10H,3-6H2,1-2H3/t7-,8+/m0/s1. The van der Waals surface area contributed by atoms with Gasteiger partial charge in [0.05, 0.1) is 6.10 Å². The van der Waals surface area contributed by atoms with Gasteiger partial charge >= 0.3 is 0 Å². The van der Waals surface area contributed by atoms with E-state index in [2.05, 4.69) is 19.2 Å². The molecule has 2 rings (SSSR count). The van der Waals surface area contributed by atoms with Gasteiger partial charge in [0, 0.05) is 19.2 Å². The van der Waals surface area contributed by atoms with Crippen LogP contribution in [-0.4, -0.2) is 25.3 Å². The molecule has 0 radical (unpaired) electrons. The van der Waals surface area contributed by atoms with Crippen LogP contribution in [0.2, 0.25) is 0 Å². The summed E-state index contributed by atoms with van der Waals surface area (Å²) in [4.78, 5) is 0. The third-order valence-electron chi connectivity index (χ3n) is 2.96. The Hall–Kier alpha value is -0.0800. The minimum Gasteiger partial charge on any atom is -0.377 e. The maximum Gasteiger partial charge on any atom is 0.0734 e. The van der Waals surface area contributed by atoms with Crippen molar-refractivity contribution in [2.45, 2.75) is 38.8 Å². The van der Waals surface area contributed by atoms with Crippen LogP contribution in [-0.2, 0) is 4.74 Å². The molecule has 0 aromatic rings. The van der Waals surface area contributed by atoms with Crippen LogP contribution in [0.1, 0.15) is 26.7 Å². The molecule has 0 unspecified atom stereocenters. The fourth-order valence-corrected chi connectivity index (χ4v) is 2.13. The van der Waals surface area contributed by atoms with Crippen molar-refractivity contribution in [3.8, 4) is 0 Å². The molecule has 0 amide bonds. The van der Waals surface area contributed by atoms with Gasteiger partial charge in [0.25, 0.3) is 0 Å². The first-order valence-corrected chi connectivity index (χ1v) is 4.55. The summed E-state index contributed by atoms with van der Waals surface area (Å²) in [6.45, 7) is 6.75. The van der Waals surface area contributed by atoms with Crippen molar-refractivity contribution < 1.29 is 4.74 Å². The molecule has 2 saturated heterocycles. The second kappa shape index (κ2) is 2.46. The second-order valence-electron chi connectivity index (χ2n) is 4.40. The molecule has 2 fully saturated rings.